The van der Waals surface area contributed by atoms with Crippen molar-refractivity contribution in [2.75, 3.05) is 18.5 Å². The van der Waals surface area contributed by atoms with Crippen LogP contribution in [-0.2, 0) is 6.54 Å². The van der Waals surface area contributed by atoms with Crippen molar-refractivity contribution in [3.8, 4) is 0 Å². The fourth-order valence-corrected chi connectivity index (χ4v) is 2.07. The SMILES string of the molecule is Cc1cc(C)cc(N(C)C(=O)c2cn(CCN)nn2)c1. The van der Waals surface area contributed by atoms with E-state index in [4.69, 9.17) is 5.73 Å². The summed E-state index contributed by atoms with van der Waals surface area (Å²) in [6.45, 7) is 5.02. The van der Waals surface area contributed by atoms with Crippen LogP contribution in [0.5, 0.6) is 0 Å². The van der Waals surface area contributed by atoms with Gasteiger partial charge < -0.3 is 10.6 Å². The van der Waals surface area contributed by atoms with E-state index in [0.717, 1.165) is 16.8 Å². The summed E-state index contributed by atoms with van der Waals surface area (Å²) in [6, 6.07) is 6.00. The number of carbonyl (C=O) groups excluding carboxylic acids is 1. The molecule has 0 saturated carbocycles. The maximum atomic E-state index is 12.4. The number of amides is 1. The zero-order valence-electron chi connectivity index (χ0n) is 12.0. The summed E-state index contributed by atoms with van der Waals surface area (Å²) in [5.74, 6) is -0.182. The average Bonchev–Trinajstić information content (AvgIpc) is 2.85. The molecule has 2 rings (SSSR count). The molecular weight excluding hydrogens is 254 g/mol. The molecule has 1 aromatic heterocycles. The standard InChI is InChI=1S/C14H19N5O/c1-10-6-11(2)8-12(7-10)18(3)14(20)13-9-19(5-4-15)17-16-13/h6-9H,4-5,15H2,1-3H3. The Morgan fingerprint density at radius 3 is 2.55 bits per heavy atom. The molecule has 1 amide bonds. The summed E-state index contributed by atoms with van der Waals surface area (Å²) in [4.78, 5) is 13.9. The molecule has 0 spiro atoms. The number of hydrogen-bond acceptors (Lipinski definition) is 4. The van der Waals surface area contributed by atoms with Gasteiger partial charge in [-0.1, -0.05) is 11.3 Å². The number of nitrogens with zero attached hydrogens (tertiary/aromatic N) is 4. The Hall–Kier alpha value is -2.21. The van der Waals surface area contributed by atoms with Gasteiger partial charge in [0.25, 0.3) is 5.91 Å². The van der Waals surface area contributed by atoms with Crippen LogP contribution in [-0.4, -0.2) is 34.5 Å². The molecule has 1 heterocycles. The Bertz CT molecular complexity index is 600. The van der Waals surface area contributed by atoms with Crippen LogP contribution in [0.3, 0.4) is 0 Å². The second-order valence-corrected chi connectivity index (χ2v) is 4.87. The van der Waals surface area contributed by atoms with Crippen LogP contribution < -0.4 is 10.6 Å². The first kappa shape index (κ1) is 14.2. The number of aromatic nitrogens is 3. The predicted octanol–water partition coefficient (Wildman–Crippen LogP) is 1.13. The third-order valence-corrected chi connectivity index (χ3v) is 3.01. The van der Waals surface area contributed by atoms with Crippen LogP contribution in [0.15, 0.2) is 24.4 Å². The highest BCUT2D eigenvalue weighted by Gasteiger charge is 2.17. The lowest BCUT2D eigenvalue weighted by molar-refractivity contribution is 0.0988. The van der Waals surface area contributed by atoms with Gasteiger partial charge in [-0.15, -0.1) is 5.10 Å². The fraction of sp³-hybridized carbons (Fsp3) is 0.357. The molecule has 0 radical (unpaired) electrons. The summed E-state index contributed by atoms with van der Waals surface area (Å²) in [7, 11) is 1.73. The van der Waals surface area contributed by atoms with Gasteiger partial charge in [0.1, 0.15) is 0 Å². The molecule has 1 aromatic carbocycles. The summed E-state index contributed by atoms with van der Waals surface area (Å²) >= 11 is 0. The number of benzene rings is 1. The Morgan fingerprint density at radius 1 is 1.30 bits per heavy atom. The lowest BCUT2D eigenvalue weighted by Crippen LogP contribution is -2.26. The van der Waals surface area contributed by atoms with Gasteiger partial charge in [-0.3, -0.25) is 9.48 Å². The number of hydrogen-bond donors (Lipinski definition) is 1. The van der Waals surface area contributed by atoms with Gasteiger partial charge >= 0.3 is 0 Å². The molecule has 0 saturated heterocycles. The topological polar surface area (TPSA) is 77.0 Å². The van der Waals surface area contributed by atoms with Crippen molar-refractivity contribution in [3.05, 3.63) is 41.2 Å². The minimum atomic E-state index is -0.182. The van der Waals surface area contributed by atoms with Crippen LogP contribution in [0, 0.1) is 13.8 Å². The van der Waals surface area contributed by atoms with Crippen LogP contribution in [0.1, 0.15) is 21.6 Å². The Morgan fingerprint density at radius 2 is 1.95 bits per heavy atom. The number of carbonyl (C=O) groups is 1. The highest BCUT2D eigenvalue weighted by Crippen LogP contribution is 2.18. The minimum absolute atomic E-state index is 0.182. The van der Waals surface area contributed by atoms with Crippen molar-refractivity contribution < 1.29 is 4.79 Å². The fourth-order valence-electron chi connectivity index (χ4n) is 2.07. The van der Waals surface area contributed by atoms with Gasteiger partial charge in [-0.05, 0) is 37.1 Å². The highest BCUT2D eigenvalue weighted by molar-refractivity contribution is 6.04. The first-order valence-electron chi connectivity index (χ1n) is 6.48. The molecule has 20 heavy (non-hydrogen) atoms. The molecule has 106 valence electrons. The van der Waals surface area contributed by atoms with Gasteiger partial charge in [-0.25, -0.2) is 0 Å². The number of rotatable bonds is 4. The Labute approximate surface area is 118 Å². The predicted molar refractivity (Wildman–Crippen MR) is 77.7 cm³/mol. The smallest absolute Gasteiger partial charge is 0.280 e. The molecule has 0 fully saturated rings. The summed E-state index contributed by atoms with van der Waals surface area (Å²) in [5.41, 5.74) is 8.85. The van der Waals surface area contributed by atoms with Crippen LogP contribution in [0.4, 0.5) is 5.69 Å². The van der Waals surface area contributed by atoms with Gasteiger partial charge in [0, 0.05) is 19.3 Å². The highest BCUT2D eigenvalue weighted by atomic mass is 16.2. The quantitative estimate of drug-likeness (QED) is 0.906. The zero-order valence-corrected chi connectivity index (χ0v) is 12.0. The van der Waals surface area contributed by atoms with Gasteiger partial charge in [-0.2, -0.15) is 0 Å². The molecule has 0 bridgehead atoms. The van der Waals surface area contributed by atoms with Crippen molar-refractivity contribution in [2.45, 2.75) is 20.4 Å². The second kappa shape index (κ2) is 5.83. The molecule has 0 aliphatic rings. The monoisotopic (exact) mass is 273 g/mol. The normalized spacial score (nSPS) is 10.6. The summed E-state index contributed by atoms with van der Waals surface area (Å²) < 4.78 is 1.57. The third-order valence-electron chi connectivity index (χ3n) is 3.01. The zero-order chi connectivity index (χ0) is 14.7. The van der Waals surface area contributed by atoms with Gasteiger partial charge in [0.05, 0.1) is 12.7 Å². The van der Waals surface area contributed by atoms with E-state index in [1.165, 1.54) is 0 Å². The molecule has 2 aromatic rings. The Kier molecular flexibility index (Phi) is 4.14. The number of aryl methyl sites for hydroxylation is 2. The van der Waals surface area contributed by atoms with Gasteiger partial charge in [0.15, 0.2) is 5.69 Å². The van der Waals surface area contributed by atoms with E-state index >= 15 is 0 Å². The number of nitrogens with two attached hydrogens (primary N) is 1. The first-order chi connectivity index (χ1) is 9.51. The lowest BCUT2D eigenvalue weighted by Gasteiger charge is -2.17. The molecular formula is C14H19N5O. The van der Waals surface area contributed by atoms with Crippen molar-refractivity contribution in [1.29, 1.82) is 0 Å². The van der Waals surface area contributed by atoms with E-state index in [1.54, 1.807) is 22.8 Å². The van der Waals surface area contributed by atoms with Crippen molar-refractivity contribution in [1.82, 2.24) is 15.0 Å². The van der Waals surface area contributed by atoms with Crippen LogP contribution >= 0.6 is 0 Å². The van der Waals surface area contributed by atoms with Crippen molar-refractivity contribution >= 4 is 11.6 Å². The summed E-state index contributed by atoms with van der Waals surface area (Å²) in [5, 5.41) is 7.77. The summed E-state index contributed by atoms with van der Waals surface area (Å²) in [6.07, 6.45) is 1.62. The van der Waals surface area contributed by atoms with E-state index in [9.17, 15) is 4.79 Å². The maximum Gasteiger partial charge on any atom is 0.280 e. The largest absolute Gasteiger partial charge is 0.329 e. The van der Waals surface area contributed by atoms with E-state index in [-0.39, 0.29) is 5.91 Å². The first-order valence-corrected chi connectivity index (χ1v) is 6.48. The van der Waals surface area contributed by atoms with E-state index in [0.29, 0.717) is 18.8 Å². The van der Waals surface area contributed by atoms with Crippen molar-refractivity contribution in [2.24, 2.45) is 5.73 Å². The van der Waals surface area contributed by atoms with Crippen LogP contribution in [0.25, 0.3) is 0 Å². The molecule has 6 heteroatoms. The Balaban J connectivity index is 2.22. The lowest BCUT2D eigenvalue weighted by atomic mass is 10.1. The van der Waals surface area contributed by atoms with Gasteiger partial charge in [0.2, 0.25) is 0 Å². The second-order valence-electron chi connectivity index (χ2n) is 4.87. The molecule has 2 N–H and O–H groups in total. The average molecular weight is 273 g/mol. The van der Waals surface area contributed by atoms with E-state index in [1.807, 2.05) is 26.0 Å². The van der Waals surface area contributed by atoms with E-state index in [2.05, 4.69) is 16.4 Å². The number of anilines is 1. The molecule has 0 aliphatic heterocycles. The molecule has 0 atom stereocenters. The van der Waals surface area contributed by atoms with E-state index < -0.39 is 0 Å². The third kappa shape index (κ3) is 3.03. The van der Waals surface area contributed by atoms with Crippen molar-refractivity contribution in [3.63, 3.8) is 0 Å². The molecule has 0 unspecified atom stereocenters. The minimum Gasteiger partial charge on any atom is -0.329 e. The molecule has 6 nitrogen and oxygen atoms in total. The molecule has 0 aliphatic carbocycles. The van der Waals surface area contributed by atoms with Crippen LogP contribution in [0.2, 0.25) is 0 Å². The maximum absolute atomic E-state index is 12.4.